The molecule has 1 rings (SSSR count). The van der Waals surface area contributed by atoms with E-state index in [0.29, 0.717) is 0 Å². The Morgan fingerprint density at radius 3 is 2.62 bits per heavy atom. The molecule has 0 atom stereocenters. The van der Waals surface area contributed by atoms with Gasteiger partial charge in [0.1, 0.15) is 0 Å². The number of nitrogens with zero attached hydrogens (tertiary/aromatic N) is 2. The van der Waals surface area contributed by atoms with Gasteiger partial charge < -0.3 is 26.0 Å². The molecule has 1 aliphatic rings. The van der Waals surface area contributed by atoms with Crippen LogP contribution in [0.15, 0.2) is 4.99 Å². The Morgan fingerprint density at radius 2 is 2.00 bits per heavy atom. The Kier molecular flexibility index (Phi) is 11.2. The highest BCUT2D eigenvalue weighted by molar-refractivity contribution is 5.79. The maximum atomic E-state index is 11.2. The summed E-state index contributed by atoms with van der Waals surface area (Å²) in [4.78, 5) is 18.1. The molecule has 0 spiro atoms. The third-order valence-electron chi connectivity index (χ3n) is 4.30. The van der Waals surface area contributed by atoms with Crippen molar-refractivity contribution in [2.24, 2.45) is 16.6 Å². The first-order chi connectivity index (χ1) is 11.7. The third-order valence-corrected chi connectivity index (χ3v) is 4.30. The Balaban J connectivity index is 2.10. The number of nitrogens with two attached hydrogens (primary N) is 1. The second-order valence-corrected chi connectivity index (χ2v) is 6.26. The summed E-state index contributed by atoms with van der Waals surface area (Å²) in [5.41, 5.74) is 5.37. The predicted molar refractivity (Wildman–Crippen MR) is 98.1 cm³/mol. The molecule has 0 aromatic carbocycles. The van der Waals surface area contributed by atoms with Crippen LogP contribution in [0.5, 0.6) is 0 Å². The summed E-state index contributed by atoms with van der Waals surface area (Å²) >= 11 is 0. The predicted octanol–water partition coefficient (Wildman–Crippen LogP) is 0.556. The molecule has 7 heteroatoms. The molecule has 1 fully saturated rings. The number of nitrogens with one attached hydrogen (secondary N) is 2. The lowest BCUT2D eigenvalue weighted by Gasteiger charge is -2.30. The lowest BCUT2D eigenvalue weighted by molar-refractivity contribution is -0.123. The van der Waals surface area contributed by atoms with Gasteiger partial charge in [0.05, 0.1) is 0 Å². The van der Waals surface area contributed by atoms with Crippen molar-refractivity contribution in [1.82, 2.24) is 15.5 Å². The minimum atomic E-state index is -0.139. The number of hydrogen-bond donors (Lipinski definition) is 3. The van der Waals surface area contributed by atoms with E-state index in [4.69, 9.17) is 10.5 Å². The van der Waals surface area contributed by atoms with Gasteiger partial charge in [-0.3, -0.25) is 9.79 Å². The van der Waals surface area contributed by atoms with Crippen molar-refractivity contribution >= 4 is 11.9 Å². The molecule has 0 radical (unpaired) electrons. The van der Waals surface area contributed by atoms with Crippen LogP contribution in [0.25, 0.3) is 0 Å². The Morgan fingerprint density at radius 1 is 1.25 bits per heavy atom. The molecular weight excluding hydrogens is 306 g/mol. The molecule has 1 heterocycles. The number of carbonyl (C=O) groups is 1. The van der Waals surface area contributed by atoms with E-state index < -0.39 is 0 Å². The zero-order valence-corrected chi connectivity index (χ0v) is 15.4. The zero-order chi connectivity index (χ0) is 17.6. The van der Waals surface area contributed by atoms with Crippen molar-refractivity contribution in [1.29, 1.82) is 0 Å². The van der Waals surface area contributed by atoms with Crippen molar-refractivity contribution < 1.29 is 9.53 Å². The maximum absolute atomic E-state index is 11.2. The van der Waals surface area contributed by atoms with Crippen molar-refractivity contribution in [2.75, 3.05) is 53.0 Å². The molecule has 0 aromatic rings. The van der Waals surface area contributed by atoms with Gasteiger partial charge in [-0.05, 0) is 58.7 Å². The summed E-state index contributed by atoms with van der Waals surface area (Å²) in [5.74, 6) is 0.829. The van der Waals surface area contributed by atoms with Crippen LogP contribution in [0, 0.1) is 5.92 Å². The van der Waals surface area contributed by atoms with Gasteiger partial charge in [-0.25, -0.2) is 0 Å². The average Bonchev–Trinajstić information content (AvgIpc) is 2.58. The largest absolute Gasteiger partial charge is 0.385 e. The summed E-state index contributed by atoms with van der Waals surface area (Å²) < 4.78 is 5.03. The van der Waals surface area contributed by atoms with E-state index >= 15 is 0 Å². The topological polar surface area (TPSA) is 92.0 Å². The summed E-state index contributed by atoms with van der Waals surface area (Å²) in [7, 11) is 1.71. The SMILES string of the molecule is CCNC(=NCCCOC)NCCCCN1CCC(C(N)=O)CC1. The van der Waals surface area contributed by atoms with Crippen molar-refractivity contribution in [3.63, 3.8) is 0 Å². The van der Waals surface area contributed by atoms with E-state index in [1.807, 2.05) is 0 Å². The molecule has 1 saturated heterocycles. The quantitative estimate of drug-likeness (QED) is 0.290. The Hall–Kier alpha value is -1.34. The first-order valence-corrected chi connectivity index (χ1v) is 9.20. The lowest BCUT2D eigenvalue weighted by Crippen LogP contribution is -2.39. The number of amides is 1. The van der Waals surface area contributed by atoms with E-state index in [9.17, 15) is 4.79 Å². The van der Waals surface area contributed by atoms with Gasteiger partial charge in [0.25, 0.3) is 0 Å². The zero-order valence-electron chi connectivity index (χ0n) is 15.4. The molecule has 0 aromatic heterocycles. The van der Waals surface area contributed by atoms with Crippen LogP contribution < -0.4 is 16.4 Å². The number of aliphatic imine (C=N–C) groups is 1. The number of guanidine groups is 1. The number of hydrogen-bond acceptors (Lipinski definition) is 4. The molecule has 0 saturated carbocycles. The van der Waals surface area contributed by atoms with Crippen LogP contribution >= 0.6 is 0 Å². The van der Waals surface area contributed by atoms with Crippen LogP contribution in [-0.4, -0.2) is 69.8 Å². The molecule has 7 nitrogen and oxygen atoms in total. The molecule has 24 heavy (non-hydrogen) atoms. The number of ether oxygens (including phenoxy) is 1. The van der Waals surface area contributed by atoms with Gasteiger partial charge in [0.15, 0.2) is 5.96 Å². The molecule has 0 aliphatic carbocycles. The third kappa shape index (κ3) is 9.08. The fraction of sp³-hybridized carbons (Fsp3) is 0.882. The van der Waals surface area contributed by atoms with Crippen LogP contribution in [0.3, 0.4) is 0 Å². The highest BCUT2D eigenvalue weighted by atomic mass is 16.5. The number of methoxy groups -OCH3 is 1. The van der Waals surface area contributed by atoms with Crippen molar-refractivity contribution in [2.45, 2.75) is 39.0 Å². The summed E-state index contributed by atoms with van der Waals surface area (Å²) in [6, 6.07) is 0. The monoisotopic (exact) mass is 341 g/mol. The molecule has 0 bridgehead atoms. The van der Waals surface area contributed by atoms with Gasteiger partial charge in [-0.1, -0.05) is 0 Å². The average molecular weight is 342 g/mol. The first-order valence-electron chi connectivity index (χ1n) is 9.20. The first kappa shape index (κ1) is 20.7. The summed E-state index contributed by atoms with van der Waals surface area (Å²) in [6.07, 6.45) is 5.02. The van der Waals surface area contributed by atoms with Crippen LogP contribution in [0.4, 0.5) is 0 Å². The van der Waals surface area contributed by atoms with Gasteiger partial charge in [-0.15, -0.1) is 0 Å². The Labute approximate surface area is 146 Å². The number of rotatable bonds is 11. The lowest BCUT2D eigenvalue weighted by atomic mass is 9.96. The fourth-order valence-corrected chi connectivity index (χ4v) is 2.85. The van der Waals surface area contributed by atoms with Crippen LogP contribution in [0.2, 0.25) is 0 Å². The van der Waals surface area contributed by atoms with Crippen LogP contribution in [-0.2, 0) is 9.53 Å². The van der Waals surface area contributed by atoms with Gasteiger partial charge in [0.2, 0.25) is 5.91 Å². The highest BCUT2D eigenvalue weighted by Gasteiger charge is 2.22. The number of piperidine rings is 1. The normalized spacial score (nSPS) is 17.0. The number of carbonyl (C=O) groups excluding carboxylic acids is 1. The number of primary amides is 1. The molecule has 0 unspecified atom stereocenters. The van der Waals surface area contributed by atoms with E-state index in [1.165, 1.54) is 0 Å². The minimum absolute atomic E-state index is 0.0833. The molecular formula is C17H35N5O2. The highest BCUT2D eigenvalue weighted by Crippen LogP contribution is 2.16. The van der Waals surface area contributed by atoms with E-state index in [2.05, 4.69) is 27.4 Å². The second-order valence-electron chi connectivity index (χ2n) is 6.26. The van der Waals surface area contributed by atoms with Gasteiger partial charge >= 0.3 is 0 Å². The summed E-state index contributed by atoms with van der Waals surface area (Å²) in [6.45, 7) is 8.46. The molecule has 1 aliphatic heterocycles. The molecule has 4 N–H and O–H groups in total. The van der Waals surface area contributed by atoms with Crippen molar-refractivity contribution in [3.05, 3.63) is 0 Å². The smallest absolute Gasteiger partial charge is 0.220 e. The Bertz CT molecular complexity index is 368. The van der Waals surface area contributed by atoms with Crippen molar-refractivity contribution in [3.8, 4) is 0 Å². The molecule has 140 valence electrons. The van der Waals surface area contributed by atoms with Gasteiger partial charge in [0, 0.05) is 39.3 Å². The minimum Gasteiger partial charge on any atom is -0.385 e. The molecule has 1 amide bonds. The maximum Gasteiger partial charge on any atom is 0.220 e. The standard InChI is InChI=1S/C17H35N5O2/c1-3-19-17(21-10-6-14-24-2)20-9-4-5-11-22-12-7-15(8-13-22)16(18)23/h15H,3-14H2,1-2H3,(H2,18,23)(H2,19,20,21). The van der Waals surface area contributed by atoms with E-state index in [-0.39, 0.29) is 11.8 Å². The fourth-order valence-electron chi connectivity index (χ4n) is 2.85. The van der Waals surface area contributed by atoms with E-state index in [1.54, 1.807) is 7.11 Å². The number of likely N-dealkylation sites (tertiary alicyclic amines) is 1. The van der Waals surface area contributed by atoms with Crippen LogP contribution in [0.1, 0.15) is 39.0 Å². The second kappa shape index (κ2) is 13.0. The van der Waals surface area contributed by atoms with Gasteiger partial charge in [-0.2, -0.15) is 0 Å². The summed E-state index contributed by atoms with van der Waals surface area (Å²) in [5, 5.41) is 6.63. The number of unbranched alkanes of at least 4 members (excludes halogenated alkanes) is 1. The van der Waals surface area contributed by atoms with E-state index in [0.717, 1.165) is 83.9 Å².